The molecule has 0 aromatic carbocycles. The first-order valence-electron chi connectivity index (χ1n) is 6.54. The van der Waals surface area contributed by atoms with E-state index in [4.69, 9.17) is 5.73 Å². The Hall–Kier alpha value is -0.570. The molecule has 1 aliphatic rings. The van der Waals surface area contributed by atoms with Crippen LogP contribution in [0.2, 0.25) is 0 Å². The van der Waals surface area contributed by atoms with Crippen molar-refractivity contribution in [2.24, 2.45) is 11.7 Å². The number of amides is 1. The summed E-state index contributed by atoms with van der Waals surface area (Å²) in [5.41, 5.74) is 5.93. The van der Waals surface area contributed by atoms with Crippen molar-refractivity contribution in [3.05, 3.63) is 0 Å². The first-order valence-corrected chi connectivity index (χ1v) is 6.54. The molecule has 1 aliphatic carbocycles. The molecular weight excluding hydrogens is 200 g/mol. The van der Waals surface area contributed by atoms with Crippen LogP contribution < -0.4 is 5.73 Å². The van der Waals surface area contributed by atoms with Crippen molar-refractivity contribution in [2.75, 3.05) is 7.05 Å². The van der Waals surface area contributed by atoms with E-state index < -0.39 is 0 Å². The second-order valence-corrected chi connectivity index (χ2v) is 5.48. The Morgan fingerprint density at radius 3 is 2.38 bits per heavy atom. The van der Waals surface area contributed by atoms with Crippen molar-refractivity contribution in [2.45, 2.75) is 64.5 Å². The van der Waals surface area contributed by atoms with Gasteiger partial charge in [-0.15, -0.1) is 0 Å². The van der Waals surface area contributed by atoms with Gasteiger partial charge in [0.2, 0.25) is 5.91 Å². The lowest BCUT2D eigenvalue weighted by atomic mass is 9.93. The number of nitrogens with zero attached hydrogens (tertiary/aromatic N) is 1. The second-order valence-electron chi connectivity index (χ2n) is 5.48. The largest absolute Gasteiger partial charge is 0.341 e. The smallest absolute Gasteiger partial charge is 0.239 e. The van der Waals surface area contributed by atoms with E-state index in [0.29, 0.717) is 12.0 Å². The van der Waals surface area contributed by atoms with Crippen LogP contribution in [0.4, 0.5) is 0 Å². The van der Waals surface area contributed by atoms with Gasteiger partial charge in [-0.05, 0) is 25.2 Å². The quantitative estimate of drug-likeness (QED) is 0.798. The zero-order valence-corrected chi connectivity index (χ0v) is 10.9. The van der Waals surface area contributed by atoms with Crippen LogP contribution in [-0.2, 0) is 4.79 Å². The van der Waals surface area contributed by atoms with Gasteiger partial charge in [-0.1, -0.05) is 33.1 Å². The standard InChI is InChI=1S/C13H26N2O/c1-10(2)9-12(14)13(16)15(3)11-7-5-4-6-8-11/h10-12H,4-9,14H2,1-3H3. The summed E-state index contributed by atoms with van der Waals surface area (Å²) in [5, 5.41) is 0. The van der Waals surface area contributed by atoms with E-state index in [-0.39, 0.29) is 11.9 Å². The van der Waals surface area contributed by atoms with Crippen LogP contribution in [0.15, 0.2) is 0 Å². The Labute approximate surface area is 99.4 Å². The summed E-state index contributed by atoms with van der Waals surface area (Å²) in [5.74, 6) is 0.610. The highest BCUT2D eigenvalue weighted by Gasteiger charge is 2.25. The Balaban J connectivity index is 2.45. The molecular formula is C13H26N2O. The molecule has 0 aliphatic heterocycles. The van der Waals surface area contributed by atoms with Crippen molar-refractivity contribution in [1.82, 2.24) is 4.90 Å². The minimum atomic E-state index is -0.313. The van der Waals surface area contributed by atoms with Gasteiger partial charge >= 0.3 is 0 Å². The first kappa shape index (κ1) is 13.5. The monoisotopic (exact) mass is 226 g/mol. The maximum Gasteiger partial charge on any atom is 0.239 e. The van der Waals surface area contributed by atoms with Crippen LogP contribution >= 0.6 is 0 Å². The normalized spacial score (nSPS) is 19.8. The molecule has 1 fully saturated rings. The van der Waals surface area contributed by atoms with Crippen LogP contribution in [-0.4, -0.2) is 29.9 Å². The number of hydrogen-bond acceptors (Lipinski definition) is 2. The van der Waals surface area contributed by atoms with Gasteiger partial charge in [-0.3, -0.25) is 4.79 Å². The zero-order chi connectivity index (χ0) is 12.1. The van der Waals surface area contributed by atoms with Crippen molar-refractivity contribution < 1.29 is 4.79 Å². The molecule has 1 unspecified atom stereocenters. The van der Waals surface area contributed by atoms with Gasteiger partial charge in [0.05, 0.1) is 6.04 Å². The molecule has 16 heavy (non-hydrogen) atoms. The number of rotatable bonds is 4. The molecule has 2 N–H and O–H groups in total. The minimum Gasteiger partial charge on any atom is -0.341 e. The van der Waals surface area contributed by atoms with Gasteiger partial charge in [-0.25, -0.2) is 0 Å². The van der Waals surface area contributed by atoms with E-state index in [9.17, 15) is 4.79 Å². The summed E-state index contributed by atoms with van der Waals surface area (Å²) < 4.78 is 0. The summed E-state index contributed by atoms with van der Waals surface area (Å²) in [6.07, 6.45) is 6.91. The molecule has 94 valence electrons. The van der Waals surface area contributed by atoms with Gasteiger partial charge in [0.15, 0.2) is 0 Å². The highest BCUT2D eigenvalue weighted by molar-refractivity contribution is 5.81. The highest BCUT2D eigenvalue weighted by Crippen LogP contribution is 2.22. The predicted molar refractivity (Wildman–Crippen MR) is 67.1 cm³/mol. The van der Waals surface area contributed by atoms with Crippen LogP contribution in [0, 0.1) is 5.92 Å². The second kappa shape index (κ2) is 6.24. The Kier molecular flexibility index (Phi) is 5.26. The number of likely N-dealkylation sites (N-methyl/N-ethyl adjacent to an activating group) is 1. The van der Waals surface area contributed by atoms with Crippen molar-refractivity contribution in [3.63, 3.8) is 0 Å². The molecule has 1 amide bonds. The van der Waals surface area contributed by atoms with Gasteiger partial charge < -0.3 is 10.6 Å². The van der Waals surface area contributed by atoms with Gasteiger partial charge in [0.1, 0.15) is 0 Å². The molecule has 0 radical (unpaired) electrons. The molecule has 3 heteroatoms. The lowest BCUT2D eigenvalue weighted by molar-refractivity contribution is -0.134. The van der Waals surface area contributed by atoms with Gasteiger partial charge in [0.25, 0.3) is 0 Å². The molecule has 0 spiro atoms. The fraction of sp³-hybridized carbons (Fsp3) is 0.923. The lowest BCUT2D eigenvalue weighted by Gasteiger charge is -2.33. The molecule has 0 bridgehead atoms. The van der Waals surface area contributed by atoms with E-state index >= 15 is 0 Å². The number of nitrogens with two attached hydrogens (primary N) is 1. The fourth-order valence-electron chi connectivity index (χ4n) is 2.52. The van der Waals surface area contributed by atoms with E-state index in [0.717, 1.165) is 19.3 Å². The maximum absolute atomic E-state index is 12.1. The molecule has 1 rings (SSSR count). The summed E-state index contributed by atoms with van der Waals surface area (Å²) >= 11 is 0. The highest BCUT2D eigenvalue weighted by atomic mass is 16.2. The summed E-state index contributed by atoms with van der Waals surface area (Å²) in [7, 11) is 1.92. The van der Waals surface area contributed by atoms with E-state index in [2.05, 4.69) is 13.8 Å². The molecule has 1 saturated carbocycles. The Bertz CT molecular complexity index is 222. The average molecular weight is 226 g/mol. The maximum atomic E-state index is 12.1. The molecule has 0 saturated heterocycles. The molecule has 0 heterocycles. The SMILES string of the molecule is CC(C)CC(N)C(=O)N(C)C1CCCCC1. The van der Waals surface area contributed by atoms with E-state index in [1.54, 1.807) is 0 Å². The van der Waals surface area contributed by atoms with Crippen LogP contribution in [0.25, 0.3) is 0 Å². The third-order valence-electron chi connectivity index (χ3n) is 3.51. The van der Waals surface area contributed by atoms with Crippen LogP contribution in [0.5, 0.6) is 0 Å². The Morgan fingerprint density at radius 1 is 1.31 bits per heavy atom. The zero-order valence-electron chi connectivity index (χ0n) is 10.9. The van der Waals surface area contributed by atoms with Crippen molar-refractivity contribution >= 4 is 5.91 Å². The fourth-order valence-corrected chi connectivity index (χ4v) is 2.52. The first-order chi connectivity index (χ1) is 7.52. The topological polar surface area (TPSA) is 46.3 Å². The van der Waals surface area contributed by atoms with Crippen LogP contribution in [0.3, 0.4) is 0 Å². The van der Waals surface area contributed by atoms with Crippen molar-refractivity contribution in [3.8, 4) is 0 Å². The molecule has 0 aromatic heterocycles. The minimum absolute atomic E-state index is 0.126. The third-order valence-corrected chi connectivity index (χ3v) is 3.51. The number of carbonyl (C=O) groups excluding carboxylic acids is 1. The van der Waals surface area contributed by atoms with E-state index in [1.807, 2.05) is 11.9 Å². The van der Waals surface area contributed by atoms with Gasteiger partial charge in [-0.2, -0.15) is 0 Å². The summed E-state index contributed by atoms with van der Waals surface area (Å²) in [4.78, 5) is 14.0. The summed E-state index contributed by atoms with van der Waals surface area (Å²) in [6.45, 7) is 4.21. The molecule has 3 nitrogen and oxygen atoms in total. The van der Waals surface area contributed by atoms with Gasteiger partial charge in [0, 0.05) is 13.1 Å². The summed E-state index contributed by atoms with van der Waals surface area (Å²) in [6, 6.07) is 0.117. The van der Waals surface area contributed by atoms with Crippen LogP contribution in [0.1, 0.15) is 52.4 Å². The lowest BCUT2D eigenvalue weighted by Crippen LogP contribution is -2.47. The Morgan fingerprint density at radius 2 is 1.88 bits per heavy atom. The van der Waals surface area contributed by atoms with Crippen molar-refractivity contribution in [1.29, 1.82) is 0 Å². The predicted octanol–water partition coefficient (Wildman–Crippen LogP) is 2.15. The average Bonchev–Trinajstić information content (AvgIpc) is 2.27. The molecule has 0 aromatic rings. The van der Waals surface area contributed by atoms with E-state index in [1.165, 1.54) is 19.3 Å². The third kappa shape index (κ3) is 3.78. The number of hydrogen-bond donors (Lipinski definition) is 1. The number of carbonyl (C=O) groups is 1. The molecule has 1 atom stereocenters.